The first kappa shape index (κ1) is 26.8. The van der Waals surface area contributed by atoms with Gasteiger partial charge in [-0.15, -0.1) is 0 Å². The third kappa shape index (κ3) is 9.20. The Kier molecular flexibility index (Phi) is 12.1. The molecular formula is C18H34N4O7. The van der Waals surface area contributed by atoms with Crippen LogP contribution in [-0.4, -0.2) is 76.4 Å². The Morgan fingerprint density at radius 3 is 1.83 bits per heavy atom. The fourth-order valence-electron chi connectivity index (χ4n) is 2.47. The number of nitrogens with one attached hydrogen (secondary N) is 3. The van der Waals surface area contributed by atoms with Gasteiger partial charge in [-0.25, -0.2) is 4.79 Å². The van der Waals surface area contributed by atoms with Crippen LogP contribution >= 0.6 is 0 Å². The van der Waals surface area contributed by atoms with Gasteiger partial charge in [0.25, 0.3) is 0 Å². The van der Waals surface area contributed by atoms with E-state index in [1.807, 2.05) is 13.8 Å². The van der Waals surface area contributed by atoms with Crippen molar-refractivity contribution in [1.82, 2.24) is 16.0 Å². The van der Waals surface area contributed by atoms with Crippen LogP contribution in [0.3, 0.4) is 0 Å². The second-order valence-electron chi connectivity index (χ2n) is 7.43. The number of aliphatic hydroxyl groups excluding tert-OH is 2. The largest absolute Gasteiger partial charge is 0.480 e. The van der Waals surface area contributed by atoms with Crippen LogP contribution in [0.15, 0.2) is 0 Å². The molecule has 0 radical (unpaired) electrons. The summed E-state index contributed by atoms with van der Waals surface area (Å²) in [6.07, 6.45) is 0.725. The minimum Gasteiger partial charge on any atom is -0.480 e. The first-order chi connectivity index (χ1) is 13.5. The van der Waals surface area contributed by atoms with Gasteiger partial charge in [0.1, 0.15) is 24.2 Å². The molecule has 29 heavy (non-hydrogen) atoms. The summed E-state index contributed by atoms with van der Waals surface area (Å²) in [5, 5.41) is 34.7. The van der Waals surface area contributed by atoms with Gasteiger partial charge < -0.3 is 37.0 Å². The van der Waals surface area contributed by atoms with E-state index in [9.17, 15) is 29.4 Å². The van der Waals surface area contributed by atoms with Crippen molar-refractivity contribution in [3.63, 3.8) is 0 Å². The van der Waals surface area contributed by atoms with E-state index >= 15 is 0 Å². The number of amides is 3. The molecule has 0 aromatic rings. The van der Waals surface area contributed by atoms with Crippen molar-refractivity contribution in [1.29, 1.82) is 0 Å². The Morgan fingerprint density at radius 2 is 1.41 bits per heavy atom. The Bertz CT molecular complexity index is 570. The Balaban J connectivity index is 5.30. The number of carbonyl (C=O) groups excluding carboxylic acids is 3. The van der Waals surface area contributed by atoms with Gasteiger partial charge in [0.2, 0.25) is 17.7 Å². The number of carboxylic acids is 1. The van der Waals surface area contributed by atoms with E-state index < -0.39 is 61.1 Å². The SMILES string of the molecule is CCC(C)C(NC(=O)C(CO)NC(=O)C(N)CO)C(=O)NC(CC(C)C)C(=O)O. The first-order valence-corrected chi connectivity index (χ1v) is 9.59. The number of aliphatic carboxylic acids is 1. The summed E-state index contributed by atoms with van der Waals surface area (Å²) in [5.41, 5.74) is 5.37. The van der Waals surface area contributed by atoms with Crippen LogP contribution in [0.4, 0.5) is 0 Å². The lowest BCUT2D eigenvalue weighted by Gasteiger charge is -2.27. The van der Waals surface area contributed by atoms with Crippen molar-refractivity contribution in [3.8, 4) is 0 Å². The Morgan fingerprint density at radius 1 is 0.862 bits per heavy atom. The molecule has 0 spiro atoms. The zero-order valence-corrected chi connectivity index (χ0v) is 17.3. The number of aliphatic hydroxyl groups is 2. The molecule has 0 saturated heterocycles. The third-order valence-electron chi connectivity index (χ3n) is 4.46. The minimum absolute atomic E-state index is 0.0257. The normalized spacial score (nSPS) is 16.3. The summed E-state index contributed by atoms with van der Waals surface area (Å²) in [7, 11) is 0. The molecule has 0 aromatic heterocycles. The predicted octanol–water partition coefficient (Wildman–Crippen LogP) is -2.07. The zero-order valence-electron chi connectivity index (χ0n) is 17.3. The summed E-state index contributed by atoms with van der Waals surface area (Å²) in [5.74, 6) is -3.84. The van der Waals surface area contributed by atoms with Gasteiger partial charge in [0.05, 0.1) is 13.2 Å². The highest BCUT2D eigenvalue weighted by Gasteiger charge is 2.32. The summed E-state index contributed by atoms with van der Waals surface area (Å²) < 4.78 is 0. The van der Waals surface area contributed by atoms with Crippen LogP contribution in [0.25, 0.3) is 0 Å². The van der Waals surface area contributed by atoms with Gasteiger partial charge in [-0.3, -0.25) is 14.4 Å². The lowest BCUT2D eigenvalue weighted by Crippen LogP contribution is -2.59. The van der Waals surface area contributed by atoms with Crippen molar-refractivity contribution in [3.05, 3.63) is 0 Å². The Labute approximate surface area is 170 Å². The topological polar surface area (TPSA) is 191 Å². The third-order valence-corrected chi connectivity index (χ3v) is 4.46. The molecule has 0 saturated carbocycles. The molecule has 3 amide bonds. The highest BCUT2D eigenvalue weighted by atomic mass is 16.4. The van der Waals surface area contributed by atoms with E-state index in [0.29, 0.717) is 6.42 Å². The summed E-state index contributed by atoms with van der Waals surface area (Å²) in [4.78, 5) is 48.3. The van der Waals surface area contributed by atoms with Crippen LogP contribution in [0.1, 0.15) is 40.5 Å². The average Bonchev–Trinajstić information content (AvgIpc) is 2.67. The molecule has 0 aliphatic carbocycles. The van der Waals surface area contributed by atoms with E-state index in [2.05, 4.69) is 16.0 Å². The predicted molar refractivity (Wildman–Crippen MR) is 104 cm³/mol. The van der Waals surface area contributed by atoms with E-state index in [1.165, 1.54) is 0 Å². The summed E-state index contributed by atoms with van der Waals surface area (Å²) >= 11 is 0. The van der Waals surface area contributed by atoms with Crippen LogP contribution in [-0.2, 0) is 19.2 Å². The lowest BCUT2D eigenvalue weighted by molar-refractivity contribution is -0.143. The molecule has 0 fully saturated rings. The van der Waals surface area contributed by atoms with E-state index in [4.69, 9.17) is 10.8 Å². The van der Waals surface area contributed by atoms with Gasteiger partial charge in [-0.1, -0.05) is 34.1 Å². The molecule has 168 valence electrons. The Hall–Kier alpha value is -2.24. The van der Waals surface area contributed by atoms with E-state index in [0.717, 1.165) is 0 Å². The molecule has 8 N–H and O–H groups in total. The fourth-order valence-corrected chi connectivity index (χ4v) is 2.47. The van der Waals surface area contributed by atoms with Crippen molar-refractivity contribution in [2.45, 2.75) is 64.7 Å². The molecule has 0 aliphatic rings. The molecular weight excluding hydrogens is 384 g/mol. The van der Waals surface area contributed by atoms with Crippen molar-refractivity contribution in [2.75, 3.05) is 13.2 Å². The summed E-state index contributed by atoms with van der Waals surface area (Å²) in [6, 6.07) is -4.83. The molecule has 5 atom stereocenters. The van der Waals surface area contributed by atoms with Gasteiger partial charge in [0.15, 0.2) is 0 Å². The number of hydrogen-bond donors (Lipinski definition) is 7. The minimum atomic E-state index is -1.38. The lowest BCUT2D eigenvalue weighted by atomic mass is 9.96. The maximum atomic E-state index is 12.7. The van der Waals surface area contributed by atoms with Gasteiger partial charge >= 0.3 is 5.97 Å². The quantitative estimate of drug-likeness (QED) is 0.177. The zero-order chi connectivity index (χ0) is 22.7. The molecule has 11 heteroatoms. The number of nitrogens with two attached hydrogens (primary N) is 1. The fraction of sp³-hybridized carbons (Fsp3) is 0.778. The second-order valence-corrected chi connectivity index (χ2v) is 7.43. The number of carbonyl (C=O) groups is 4. The maximum Gasteiger partial charge on any atom is 0.326 e. The monoisotopic (exact) mass is 418 g/mol. The highest BCUT2D eigenvalue weighted by molar-refractivity contribution is 5.94. The van der Waals surface area contributed by atoms with Crippen LogP contribution in [0.5, 0.6) is 0 Å². The van der Waals surface area contributed by atoms with Gasteiger partial charge in [0, 0.05) is 0 Å². The molecule has 0 aromatic carbocycles. The average molecular weight is 418 g/mol. The number of hydrogen-bond acceptors (Lipinski definition) is 7. The van der Waals surface area contributed by atoms with Crippen molar-refractivity contribution >= 4 is 23.7 Å². The van der Waals surface area contributed by atoms with Crippen LogP contribution in [0.2, 0.25) is 0 Å². The van der Waals surface area contributed by atoms with Gasteiger partial charge in [-0.2, -0.15) is 0 Å². The first-order valence-electron chi connectivity index (χ1n) is 9.59. The van der Waals surface area contributed by atoms with Crippen LogP contribution < -0.4 is 21.7 Å². The maximum absolute atomic E-state index is 12.7. The highest BCUT2D eigenvalue weighted by Crippen LogP contribution is 2.11. The summed E-state index contributed by atoms with van der Waals surface area (Å²) in [6.45, 7) is 5.75. The molecule has 5 unspecified atom stereocenters. The molecule has 0 aliphatic heterocycles. The van der Waals surface area contributed by atoms with E-state index in [-0.39, 0.29) is 18.3 Å². The molecule has 0 heterocycles. The molecule has 0 rings (SSSR count). The number of carboxylic acid groups (broad SMARTS) is 1. The van der Waals surface area contributed by atoms with Crippen LogP contribution in [0, 0.1) is 11.8 Å². The standard InChI is InChI=1S/C18H34N4O7/c1-5-10(4)14(17(27)20-12(18(28)29)6-9(2)3)22-16(26)13(8-24)21-15(25)11(19)7-23/h9-14,23-24H,5-8,19H2,1-4H3,(H,20,27)(H,21,25)(H,22,26)(H,28,29). The van der Waals surface area contributed by atoms with E-state index in [1.54, 1.807) is 13.8 Å². The van der Waals surface area contributed by atoms with Gasteiger partial charge in [-0.05, 0) is 18.3 Å². The molecule has 0 bridgehead atoms. The second kappa shape index (κ2) is 13.1. The van der Waals surface area contributed by atoms with Crippen molar-refractivity contribution in [2.24, 2.45) is 17.6 Å². The number of rotatable bonds is 13. The smallest absolute Gasteiger partial charge is 0.326 e. The molecule has 11 nitrogen and oxygen atoms in total. The van der Waals surface area contributed by atoms with Crippen molar-refractivity contribution < 1.29 is 34.5 Å².